The second kappa shape index (κ2) is 6.66. The van der Waals surface area contributed by atoms with Crippen molar-refractivity contribution in [1.82, 2.24) is 4.90 Å². The van der Waals surface area contributed by atoms with Crippen molar-refractivity contribution in [3.8, 4) is 0 Å². The van der Waals surface area contributed by atoms with Gasteiger partial charge in [-0.05, 0) is 24.6 Å². The number of benzene rings is 2. The third-order valence-electron chi connectivity index (χ3n) is 3.97. The van der Waals surface area contributed by atoms with Gasteiger partial charge in [0.1, 0.15) is 6.04 Å². The van der Waals surface area contributed by atoms with Crippen molar-refractivity contribution >= 4 is 17.8 Å². The highest BCUT2D eigenvalue weighted by Gasteiger charge is 2.43. The summed E-state index contributed by atoms with van der Waals surface area (Å²) in [5.41, 5.74) is 1.50. The van der Waals surface area contributed by atoms with Crippen LogP contribution in [0.4, 0.5) is 0 Å². The lowest BCUT2D eigenvalue weighted by Gasteiger charge is -2.24. The predicted octanol–water partition coefficient (Wildman–Crippen LogP) is 2.46. The third kappa shape index (κ3) is 2.80. The molecule has 24 heavy (non-hydrogen) atoms. The van der Waals surface area contributed by atoms with Crippen LogP contribution in [0.3, 0.4) is 0 Å². The minimum Gasteiger partial charge on any atom is -0.464 e. The Morgan fingerprint density at radius 2 is 1.50 bits per heavy atom. The maximum Gasteiger partial charge on any atom is 0.329 e. The zero-order valence-electron chi connectivity index (χ0n) is 13.3. The number of nitrogens with zero attached hydrogens (tertiary/aromatic N) is 1. The van der Waals surface area contributed by atoms with Crippen molar-refractivity contribution < 1.29 is 19.1 Å². The first-order valence-corrected chi connectivity index (χ1v) is 7.81. The highest BCUT2D eigenvalue weighted by molar-refractivity contribution is 6.22. The van der Waals surface area contributed by atoms with Crippen LogP contribution < -0.4 is 0 Å². The fourth-order valence-electron chi connectivity index (χ4n) is 2.85. The van der Waals surface area contributed by atoms with Crippen molar-refractivity contribution in [2.75, 3.05) is 6.61 Å². The van der Waals surface area contributed by atoms with E-state index in [9.17, 15) is 14.4 Å². The molecule has 0 fully saturated rings. The summed E-state index contributed by atoms with van der Waals surface area (Å²) in [7, 11) is 0. The maximum atomic E-state index is 12.6. The zero-order valence-corrected chi connectivity index (χ0v) is 13.3. The van der Waals surface area contributed by atoms with Crippen LogP contribution in [0.5, 0.6) is 0 Å². The largest absolute Gasteiger partial charge is 0.464 e. The summed E-state index contributed by atoms with van der Waals surface area (Å²) in [6.45, 7) is 1.88. The molecular formula is C19H17NO4. The summed E-state index contributed by atoms with van der Waals surface area (Å²) in [6, 6.07) is 14.9. The van der Waals surface area contributed by atoms with E-state index >= 15 is 0 Å². The second-order valence-corrected chi connectivity index (χ2v) is 5.48. The first-order chi connectivity index (χ1) is 11.6. The third-order valence-corrected chi connectivity index (χ3v) is 3.97. The average molecular weight is 323 g/mol. The van der Waals surface area contributed by atoms with Crippen molar-refractivity contribution in [2.24, 2.45) is 0 Å². The number of hydrogen-bond acceptors (Lipinski definition) is 4. The molecule has 0 radical (unpaired) electrons. The molecule has 3 rings (SSSR count). The molecule has 5 heteroatoms. The van der Waals surface area contributed by atoms with Crippen molar-refractivity contribution in [2.45, 2.75) is 19.4 Å². The van der Waals surface area contributed by atoms with Crippen LogP contribution >= 0.6 is 0 Å². The van der Waals surface area contributed by atoms with Gasteiger partial charge in [-0.1, -0.05) is 42.5 Å². The Bertz CT molecular complexity index is 750. The Morgan fingerprint density at radius 3 is 2.04 bits per heavy atom. The lowest BCUT2D eigenvalue weighted by Crippen LogP contribution is -2.47. The summed E-state index contributed by atoms with van der Waals surface area (Å²) >= 11 is 0. The minimum absolute atomic E-state index is 0.188. The highest BCUT2D eigenvalue weighted by atomic mass is 16.5. The van der Waals surface area contributed by atoms with Gasteiger partial charge >= 0.3 is 5.97 Å². The standard InChI is InChI=1S/C19H17NO4/c1-2-24-19(23)16(12-13-8-4-3-5-9-13)20-17(21)14-10-6-7-11-15(14)18(20)22/h3-11,16H,2,12H2,1H3/t16-/m0/s1. The number of ether oxygens (including phenoxy) is 1. The molecule has 0 unspecified atom stereocenters. The lowest BCUT2D eigenvalue weighted by atomic mass is 10.0. The fraction of sp³-hybridized carbons (Fsp3) is 0.211. The fourth-order valence-corrected chi connectivity index (χ4v) is 2.85. The van der Waals surface area contributed by atoms with E-state index in [0.717, 1.165) is 10.5 Å². The second-order valence-electron chi connectivity index (χ2n) is 5.48. The first-order valence-electron chi connectivity index (χ1n) is 7.81. The Balaban J connectivity index is 1.96. The normalized spacial score (nSPS) is 14.5. The summed E-state index contributed by atoms with van der Waals surface area (Å²) in [5.74, 6) is -1.48. The van der Waals surface area contributed by atoms with Gasteiger partial charge in [-0.15, -0.1) is 0 Å². The quantitative estimate of drug-likeness (QED) is 0.626. The van der Waals surface area contributed by atoms with E-state index in [1.165, 1.54) is 0 Å². The van der Waals surface area contributed by atoms with Gasteiger partial charge in [-0.25, -0.2) is 4.79 Å². The topological polar surface area (TPSA) is 63.7 Å². The Labute approximate surface area is 139 Å². The highest BCUT2D eigenvalue weighted by Crippen LogP contribution is 2.26. The monoisotopic (exact) mass is 323 g/mol. The molecule has 0 aromatic heterocycles. The van der Waals surface area contributed by atoms with Gasteiger partial charge in [-0.2, -0.15) is 0 Å². The van der Waals surface area contributed by atoms with Gasteiger partial charge in [-0.3, -0.25) is 14.5 Å². The number of esters is 1. The molecule has 0 N–H and O–H groups in total. The van der Waals surface area contributed by atoms with Gasteiger partial charge < -0.3 is 4.74 Å². The number of imide groups is 1. The Kier molecular flexibility index (Phi) is 4.42. The van der Waals surface area contributed by atoms with E-state index in [1.54, 1.807) is 31.2 Å². The van der Waals surface area contributed by atoms with Crippen LogP contribution in [0, 0.1) is 0 Å². The molecule has 2 amide bonds. The molecule has 0 aliphatic carbocycles. The van der Waals surface area contributed by atoms with E-state index < -0.39 is 23.8 Å². The number of carbonyl (C=O) groups excluding carboxylic acids is 3. The summed E-state index contributed by atoms with van der Waals surface area (Å²) in [5, 5.41) is 0. The lowest BCUT2D eigenvalue weighted by molar-refractivity contribution is -0.147. The van der Waals surface area contributed by atoms with Gasteiger partial charge in [0.2, 0.25) is 0 Å². The van der Waals surface area contributed by atoms with Crippen molar-refractivity contribution in [1.29, 1.82) is 0 Å². The van der Waals surface area contributed by atoms with Gasteiger partial charge in [0, 0.05) is 6.42 Å². The van der Waals surface area contributed by atoms with Gasteiger partial charge in [0.05, 0.1) is 17.7 Å². The van der Waals surface area contributed by atoms with Crippen molar-refractivity contribution in [3.63, 3.8) is 0 Å². The molecule has 1 aliphatic rings. The number of hydrogen-bond donors (Lipinski definition) is 0. The molecule has 1 heterocycles. The Hall–Kier alpha value is -2.95. The van der Waals surface area contributed by atoms with E-state index in [0.29, 0.717) is 11.1 Å². The molecule has 5 nitrogen and oxygen atoms in total. The molecule has 1 aliphatic heterocycles. The molecule has 1 atom stereocenters. The van der Waals surface area contributed by atoms with E-state index in [1.807, 2.05) is 30.3 Å². The summed E-state index contributed by atoms with van der Waals surface area (Å²) in [6.07, 6.45) is 0.227. The summed E-state index contributed by atoms with van der Waals surface area (Å²) in [4.78, 5) is 38.7. The number of fused-ring (bicyclic) bond motifs is 1. The van der Waals surface area contributed by atoms with E-state index in [4.69, 9.17) is 4.74 Å². The molecule has 0 saturated heterocycles. The number of amides is 2. The van der Waals surface area contributed by atoms with E-state index in [2.05, 4.69) is 0 Å². The minimum atomic E-state index is -0.972. The zero-order chi connectivity index (χ0) is 17.1. The maximum absolute atomic E-state index is 12.6. The van der Waals surface area contributed by atoms with Crippen LogP contribution in [-0.2, 0) is 16.0 Å². The predicted molar refractivity (Wildman–Crippen MR) is 87.5 cm³/mol. The molecule has 2 aromatic carbocycles. The molecule has 0 saturated carbocycles. The SMILES string of the molecule is CCOC(=O)[C@H](Cc1ccccc1)N1C(=O)c2ccccc2C1=O. The average Bonchev–Trinajstić information content (AvgIpc) is 2.86. The first kappa shape index (κ1) is 15.9. The molecule has 122 valence electrons. The molecule has 2 aromatic rings. The molecule has 0 bridgehead atoms. The number of rotatable bonds is 5. The van der Waals surface area contributed by atoms with Crippen LogP contribution in [0.2, 0.25) is 0 Å². The molecular weight excluding hydrogens is 306 g/mol. The van der Waals surface area contributed by atoms with E-state index in [-0.39, 0.29) is 13.0 Å². The smallest absolute Gasteiger partial charge is 0.329 e. The molecule has 0 spiro atoms. The van der Waals surface area contributed by atoms with Crippen LogP contribution in [0.25, 0.3) is 0 Å². The van der Waals surface area contributed by atoms with Gasteiger partial charge in [0.15, 0.2) is 0 Å². The van der Waals surface area contributed by atoms with Gasteiger partial charge in [0.25, 0.3) is 11.8 Å². The van der Waals surface area contributed by atoms with Crippen LogP contribution in [0.1, 0.15) is 33.2 Å². The van der Waals surface area contributed by atoms with Crippen LogP contribution in [0.15, 0.2) is 54.6 Å². The number of carbonyl (C=O) groups is 3. The van der Waals surface area contributed by atoms with Crippen molar-refractivity contribution in [3.05, 3.63) is 71.3 Å². The Morgan fingerprint density at radius 1 is 0.958 bits per heavy atom. The summed E-state index contributed by atoms with van der Waals surface area (Å²) < 4.78 is 5.10. The van der Waals surface area contributed by atoms with Crippen LogP contribution in [-0.4, -0.2) is 35.3 Å².